The second-order valence-electron chi connectivity index (χ2n) is 7.47. The molecule has 0 aromatic carbocycles. The lowest BCUT2D eigenvalue weighted by Crippen LogP contribution is -2.44. The van der Waals surface area contributed by atoms with E-state index in [-0.39, 0.29) is 5.56 Å². The number of hydrogen-bond donors (Lipinski definition) is 1. The highest BCUT2D eigenvalue weighted by atomic mass is 16.1. The van der Waals surface area contributed by atoms with Crippen molar-refractivity contribution in [1.82, 2.24) is 24.3 Å². The van der Waals surface area contributed by atoms with Gasteiger partial charge in [-0.05, 0) is 39.1 Å². The van der Waals surface area contributed by atoms with E-state index in [9.17, 15) is 4.79 Å². The summed E-state index contributed by atoms with van der Waals surface area (Å²) in [6, 6.07) is 5.33. The average molecular weight is 391 g/mol. The fourth-order valence-corrected chi connectivity index (χ4v) is 3.46. The number of nitrogens with zero attached hydrogens (tertiary/aromatic N) is 6. The van der Waals surface area contributed by atoms with Crippen molar-refractivity contribution in [3.05, 3.63) is 63.7 Å². The first kappa shape index (κ1) is 19.1. The van der Waals surface area contributed by atoms with Gasteiger partial charge in [-0.15, -0.1) is 0 Å². The van der Waals surface area contributed by atoms with Gasteiger partial charge in [-0.3, -0.25) is 19.2 Å². The van der Waals surface area contributed by atoms with E-state index < -0.39 is 0 Å². The van der Waals surface area contributed by atoms with Crippen LogP contribution >= 0.6 is 0 Å². The Balaban J connectivity index is 1.67. The van der Waals surface area contributed by atoms with Gasteiger partial charge in [-0.2, -0.15) is 0 Å². The van der Waals surface area contributed by atoms with Gasteiger partial charge >= 0.3 is 0 Å². The van der Waals surface area contributed by atoms with Gasteiger partial charge in [0, 0.05) is 44.6 Å². The van der Waals surface area contributed by atoms with E-state index >= 15 is 0 Å². The van der Waals surface area contributed by atoms with Crippen LogP contribution in [-0.2, 0) is 0 Å². The second kappa shape index (κ2) is 7.63. The van der Waals surface area contributed by atoms with Crippen LogP contribution in [0, 0.1) is 13.8 Å². The molecule has 0 atom stereocenters. The molecular weight excluding hydrogens is 366 g/mol. The quantitative estimate of drug-likeness (QED) is 0.720. The van der Waals surface area contributed by atoms with Crippen molar-refractivity contribution in [3.63, 3.8) is 0 Å². The molecule has 3 aromatic rings. The average Bonchev–Trinajstić information content (AvgIpc) is 2.70. The first-order valence-electron chi connectivity index (χ1n) is 9.65. The molecule has 0 unspecified atom stereocenters. The number of anilines is 1. The molecule has 1 fully saturated rings. The van der Waals surface area contributed by atoms with Gasteiger partial charge in [0.05, 0.1) is 34.2 Å². The van der Waals surface area contributed by atoms with Crippen LogP contribution in [0.5, 0.6) is 0 Å². The van der Waals surface area contributed by atoms with Crippen molar-refractivity contribution >= 4 is 23.1 Å². The molecular formula is C21H25N7O. The second-order valence-corrected chi connectivity index (χ2v) is 7.47. The molecule has 0 aliphatic carbocycles. The summed E-state index contributed by atoms with van der Waals surface area (Å²) in [5.74, 6) is 0. The molecule has 150 valence electrons. The molecule has 8 heteroatoms. The van der Waals surface area contributed by atoms with Gasteiger partial charge in [0.25, 0.3) is 5.56 Å². The summed E-state index contributed by atoms with van der Waals surface area (Å²) in [5.41, 5.74) is 10.8. The van der Waals surface area contributed by atoms with Gasteiger partial charge in [0.2, 0.25) is 0 Å². The molecule has 1 aliphatic heterocycles. The summed E-state index contributed by atoms with van der Waals surface area (Å²) in [4.78, 5) is 30.6. The number of nitrogens with two attached hydrogens (primary N) is 1. The van der Waals surface area contributed by atoms with Crippen molar-refractivity contribution in [2.24, 2.45) is 5.73 Å². The maximum absolute atomic E-state index is 12.7. The minimum Gasteiger partial charge on any atom is -0.397 e. The van der Waals surface area contributed by atoms with Crippen LogP contribution in [0.1, 0.15) is 22.8 Å². The number of aryl methyl sites for hydroxylation is 2. The van der Waals surface area contributed by atoms with Crippen LogP contribution in [0.3, 0.4) is 0 Å². The third-order valence-electron chi connectivity index (χ3n) is 5.21. The number of fused-ring (bicyclic) bond motifs is 1. The van der Waals surface area contributed by atoms with Crippen molar-refractivity contribution < 1.29 is 0 Å². The number of hydrogen-bond acceptors (Lipinski definition) is 7. The lowest BCUT2D eigenvalue weighted by atomic mass is 10.2. The molecule has 2 N–H and O–H groups in total. The zero-order valence-corrected chi connectivity index (χ0v) is 17.0. The van der Waals surface area contributed by atoms with Gasteiger partial charge in [0.1, 0.15) is 5.65 Å². The summed E-state index contributed by atoms with van der Waals surface area (Å²) in [5, 5.41) is 0. The number of rotatable bonds is 3. The van der Waals surface area contributed by atoms with Crippen molar-refractivity contribution in [2.45, 2.75) is 13.8 Å². The van der Waals surface area contributed by atoms with Gasteiger partial charge in [-0.1, -0.05) is 0 Å². The lowest BCUT2D eigenvalue weighted by Gasteiger charge is -2.34. The summed E-state index contributed by atoms with van der Waals surface area (Å²) in [6.45, 7) is 7.66. The van der Waals surface area contributed by atoms with E-state index in [0.29, 0.717) is 22.7 Å². The molecule has 1 saturated heterocycles. The van der Waals surface area contributed by atoms with E-state index in [1.54, 1.807) is 16.7 Å². The Morgan fingerprint density at radius 3 is 2.62 bits per heavy atom. The summed E-state index contributed by atoms with van der Waals surface area (Å²) in [7, 11) is 2.12. The highest BCUT2D eigenvalue weighted by Crippen LogP contribution is 2.17. The lowest BCUT2D eigenvalue weighted by molar-refractivity contribution is 0.313. The third-order valence-corrected chi connectivity index (χ3v) is 5.21. The Bertz CT molecular complexity index is 1140. The zero-order valence-electron chi connectivity index (χ0n) is 17.0. The van der Waals surface area contributed by atoms with Crippen LogP contribution < -0.4 is 16.2 Å². The predicted molar refractivity (Wildman–Crippen MR) is 115 cm³/mol. The van der Waals surface area contributed by atoms with Crippen molar-refractivity contribution in [2.75, 3.05) is 38.1 Å². The molecule has 29 heavy (non-hydrogen) atoms. The van der Waals surface area contributed by atoms with Crippen LogP contribution in [-0.4, -0.2) is 57.5 Å². The Hall–Kier alpha value is -3.26. The maximum atomic E-state index is 12.7. The Morgan fingerprint density at radius 1 is 1.14 bits per heavy atom. The Morgan fingerprint density at radius 2 is 1.90 bits per heavy atom. The molecule has 1 aliphatic rings. The van der Waals surface area contributed by atoms with E-state index in [4.69, 9.17) is 5.73 Å². The molecule has 3 aromatic heterocycles. The summed E-state index contributed by atoms with van der Waals surface area (Å²) in [6.07, 6.45) is 5.25. The van der Waals surface area contributed by atoms with Gasteiger partial charge < -0.3 is 15.5 Å². The van der Waals surface area contributed by atoms with Crippen LogP contribution in [0.15, 0.2) is 35.4 Å². The molecule has 0 spiro atoms. The molecule has 0 radical (unpaired) electrons. The van der Waals surface area contributed by atoms with Crippen molar-refractivity contribution in [1.29, 1.82) is 0 Å². The highest BCUT2D eigenvalue weighted by molar-refractivity contribution is 5.77. The van der Waals surface area contributed by atoms with Crippen LogP contribution in [0.25, 0.3) is 17.4 Å². The maximum Gasteiger partial charge on any atom is 0.258 e. The Kier molecular flexibility index (Phi) is 5.02. The Labute approximate surface area is 169 Å². The first-order valence-corrected chi connectivity index (χ1v) is 9.65. The monoisotopic (exact) mass is 391 g/mol. The van der Waals surface area contributed by atoms with E-state index in [1.165, 1.54) is 6.07 Å². The molecule has 4 rings (SSSR count). The fraction of sp³-hybridized carbons (Fsp3) is 0.333. The fourth-order valence-electron chi connectivity index (χ4n) is 3.46. The third kappa shape index (κ3) is 3.97. The SMILES string of the molecule is Cc1cnc(/C=C(\N)c2cc(=O)n3cc(N4CCN(C)CC4)ccc3n2)c(C)n1. The molecule has 0 amide bonds. The minimum absolute atomic E-state index is 0.163. The molecule has 0 bridgehead atoms. The van der Waals surface area contributed by atoms with Crippen LogP contribution in [0.4, 0.5) is 5.69 Å². The standard InChI is InChI=1S/C21H25N7O/c1-14-12-23-18(15(2)24-14)10-17(22)19-11-21(29)28-13-16(4-5-20(28)25-19)27-8-6-26(3)7-9-27/h4-5,10-13H,6-9,22H2,1-3H3/b17-10-. The number of likely N-dealkylation sites (N-methyl/N-ethyl adjacent to an activating group) is 1. The minimum atomic E-state index is -0.163. The summed E-state index contributed by atoms with van der Waals surface area (Å²) < 4.78 is 1.57. The molecule has 4 heterocycles. The van der Waals surface area contributed by atoms with E-state index in [2.05, 4.69) is 31.8 Å². The normalized spacial score (nSPS) is 15.8. The van der Waals surface area contributed by atoms with E-state index in [0.717, 1.165) is 43.3 Å². The van der Waals surface area contributed by atoms with Crippen molar-refractivity contribution in [3.8, 4) is 0 Å². The topological polar surface area (TPSA) is 92.7 Å². The smallest absolute Gasteiger partial charge is 0.258 e. The van der Waals surface area contributed by atoms with Gasteiger partial charge in [-0.25, -0.2) is 4.98 Å². The number of piperazine rings is 1. The molecule has 8 nitrogen and oxygen atoms in total. The number of pyridine rings is 1. The first-order chi connectivity index (χ1) is 13.9. The summed E-state index contributed by atoms with van der Waals surface area (Å²) >= 11 is 0. The largest absolute Gasteiger partial charge is 0.397 e. The van der Waals surface area contributed by atoms with E-state index in [1.807, 2.05) is 32.2 Å². The van der Waals surface area contributed by atoms with Gasteiger partial charge in [0.15, 0.2) is 0 Å². The number of aromatic nitrogens is 4. The zero-order chi connectivity index (χ0) is 20.5. The highest BCUT2D eigenvalue weighted by Gasteiger charge is 2.15. The van der Waals surface area contributed by atoms with Crippen LogP contribution in [0.2, 0.25) is 0 Å². The predicted octanol–water partition coefficient (Wildman–Crippen LogP) is 1.31. The molecule has 0 saturated carbocycles.